The fourth-order valence-electron chi connectivity index (χ4n) is 3.80. The molecule has 1 aliphatic rings. The van der Waals surface area contributed by atoms with Gasteiger partial charge in [-0.2, -0.15) is 4.98 Å². The number of aromatic amines is 1. The van der Waals surface area contributed by atoms with Crippen LogP contribution in [0, 0.1) is 10.1 Å². The van der Waals surface area contributed by atoms with E-state index in [9.17, 15) is 14.9 Å². The van der Waals surface area contributed by atoms with Gasteiger partial charge in [-0.1, -0.05) is 48.5 Å². The largest absolute Gasteiger partial charge is 0.437 e. The molecule has 0 saturated heterocycles. The van der Waals surface area contributed by atoms with Gasteiger partial charge in [-0.25, -0.2) is 0 Å². The number of rotatable bonds is 2. The van der Waals surface area contributed by atoms with Crippen LogP contribution < -0.4 is 16.0 Å². The number of nitrogens with one attached hydrogen (secondary N) is 1. The number of H-pyrrole nitrogens is 1. The number of nitro benzene ring substituents is 1. The maximum Gasteiger partial charge on any atom is 0.269 e. The Labute approximate surface area is 163 Å². The molecule has 0 aliphatic carbocycles. The third kappa shape index (κ3) is 2.61. The van der Waals surface area contributed by atoms with Crippen LogP contribution in [0.3, 0.4) is 0 Å². The maximum atomic E-state index is 12.8. The lowest BCUT2D eigenvalue weighted by Gasteiger charge is -2.28. The van der Waals surface area contributed by atoms with Crippen LogP contribution in [0.4, 0.5) is 11.6 Å². The number of nitrogens with two attached hydrogens (primary N) is 1. The van der Waals surface area contributed by atoms with Gasteiger partial charge in [-0.15, -0.1) is 0 Å². The molecule has 1 atom stereocenters. The van der Waals surface area contributed by atoms with Crippen molar-refractivity contribution in [3.63, 3.8) is 0 Å². The highest BCUT2D eigenvalue weighted by atomic mass is 16.6. The second-order valence-electron chi connectivity index (χ2n) is 6.76. The van der Waals surface area contributed by atoms with Crippen LogP contribution >= 0.6 is 0 Å². The molecule has 142 valence electrons. The summed E-state index contributed by atoms with van der Waals surface area (Å²) in [5.74, 6) is 0.186. The average Bonchev–Trinajstić information content (AvgIpc) is 2.72. The molecule has 5 rings (SSSR count). The minimum Gasteiger partial charge on any atom is -0.437 e. The minimum absolute atomic E-state index is 0.0240. The Morgan fingerprint density at radius 3 is 2.59 bits per heavy atom. The number of hydrogen-bond acceptors (Lipinski definition) is 6. The number of non-ortho nitro benzene ring substituents is 1. The summed E-state index contributed by atoms with van der Waals surface area (Å²) in [7, 11) is 0. The lowest BCUT2D eigenvalue weighted by Crippen LogP contribution is -2.25. The number of anilines is 1. The predicted octanol–water partition coefficient (Wildman–Crippen LogP) is 3.70. The first kappa shape index (κ1) is 16.9. The van der Waals surface area contributed by atoms with E-state index in [0.29, 0.717) is 16.9 Å². The van der Waals surface area contributed by atoms with Crippen LogP contribution in [0.25, 0.3) is 10.8 Å². The van der Waals surface area contributed by atoms with Crippen LogP contribution in [-0.2, 0) is 0 Å². The molecule has 3 N–H and O–H groups in total. The topological polar surface area (TPSA) is 124 Å². The smallest absolute Gasteiger partial charge is 0.269 e. The van der Waals surface area contributed by atoms with E-state index in [2.05, 4.69) is 9.97 Å². The third-order valence-corrected chi connectivity index (χ3v) is 5.08. The number of benzene rings is 3. The normalized spacial score (nSPS) is 14.7. The number of nitro groups is 1. The van der Waals surface area contributed by atoms with Gasteiger partial charge in [0.1, 0.15) is 5.75 Å². The number of fused-ring (bicyclic) bond motifs is 4. The van der Waals surface area contributed by atoms with E-state index in [0.717, 1.165) is 16.3 Å². The zero-order chi connectivity index (χ0) is 20.1. The van der Waals surface area contributed by atoms with Crippen molar-refractivity contribution >= 4 is 22.4 Å². The third-order valence-electron chi connectivity index (χ3n) is 5.08. The van der Waals surface area contributed by atoms with Gasteiger partial charge in [0, 0.05) is 29.0 Å². The summed E-state index contributed by atoms with van der Waals surface area (Å²) in [6.45, 7) is 0. The molecule has 1 unspecified atom stereocenters. The number of nitrogens with zero attached hydrogens (tertiary/aromatic N) is 2. The van der Waals surface area contributed by atoms with Crippen LogP contribution in [0.5, 0.6) is 11.6 Å². The molecule has 1 aliphatic heterocycles. The maximum absolute atomic E-state index is 12.8. The molecular weight excluding hydrogens is 372 g/mol. The number of nitrogen functional groups attached to an aromatic ring is 1. The SMILES string of the molecule is Nc1nc2c(c(=O)[nH]1)C(c1ccc([N+](=O)[O-])cc1)c1ccc3ccccc3c1O2. The Morgan fingerprint density at radius 1 is 1.07 bits per heavy atom. The van der Waals surface area contributed by atoms with E-state index < -0.39 is 16.4 Å². The summed E-state index contributed by atoms with van der Waals surface area (Å²) < 4.78 is 6.05. The van der Waals surface area contributed by atoms with Crippen LogP contribution in [-0.4, -0.2) is 14.9 Å². The lowest BCUT2D eigenvalue weighted by atomic mass is 9.83. The molecule has 29 heavy (non-hydrogen) atoms. The molecule has 8 heteroatoms. The highest BCUT2D eigenvalue weighted by Gasteiger charge is 2.34. The van der Waals surface area contributed by atoms with E-state index in [1.807, 2.05) is 36.4 Å². The van der Waals surface area contributed by atoms with Crippen molar-refractivity contribution in [2.75, 3.05) is 5.73 Å². The zero-order valence-corrected chi connectivity index (χ0v) is 15.0. The summed E-state index contributed by atoms with van der Waals surface area (Å²) in [6, 6.07) is 17.7. The van der Waals surface area contributed by atoms with Gasteiger partial charge in [-0.3, -0.25) is 19.9 Å². The van der Waals surface area contributed by atoms with Crippen LogP contribution in [0.15, 0.2) is 65.5 Å². The average molecular weight is 386 g/mol. The molecule has 0 bridgehead atoms. The zero-order valence-electron chi connectivity index (χ0n) is 15.0. The second kappa shape index (κ2) is 6.16. The van der Waals surface area contributed by atoms with Gasteiger partial charge in [0.05, 0.1) is 10.5 Å². The Kier molecular flexibility index (Phi) is 3.60. The predicted molar refractivity (Wildman–Crippen MR) is 107 cm³/mol. The molecule has 0 amide bonds. The van der Waals surface area contributed by atoms with Crippen LogP contribution in [0.1, 0.15) is 22.6 Å². The van der Waals surface area contributed by atoms with Crippen molar-refractivity contribution in [2.45, 2.75) is 5.92 Å². The Morgan fingerprint density at radius 2 is 1.83 bits per heavy atom. The molecule has 1 aromatic heterocycles. The number of ether oxygens (including phenoxy) is 1. The van der Waals surface area contributed by atoms with Crippen molar-refractivity contribution in [2.24, 2.45) is 0 Å². The van der Waals surface area contributed by atoms with Crippen molar-refractivity contribution in [3.8, 4) is 11.6 Å². The van der Waals surface area contributed by atoms with Crippen molar-refractivity contribution < 1.29 is 9.66 Å². The summed E-state index contributed by atoms with van der Waals surface area (Å²) >= 11 is 0. The summed E-state index contributed by atoms with van der Waals surface area (Å²) in [4.78, 5) is 30.0. The van der Waals surface area contributed by atoms with Gasteiger partial charge in [-0.05, 0) is 10.9 Å². The highest BCUT2D eigenvalue weighted by molar-refractivity contribution is 5.91. The van der Waals surface area contributed by atoms with Gasteiger partial charge in [0.15, 0.2) is 0 Å². The van der Waals surface area contributed by atoms with Crippen LogP contribution in [0.2, 0.25) is 0 Å². The molecule has 4 aromatic rings. The monoisotopic (exact) mass is 386 g/mol. The molecule has 0 fully saturated rings. The first-order valence-corrected chi connectivity index (χ1v) is 8.86. The molecule has 0 spiro atoms. The Hall–Kier alpha value is -4.20. The Bertz CT molecular complexity index is 1350. The number of aromatic nitrogens is 2. The molecule has 2 heterocycles. The standard InChI is InChI=1S/C21H14N4O4/c22-21-23-19(26)17-16(12-5-8-13(9-6-12)25(27)28)15-10-7-11-3-1-2-4-14(11)18(15)29-20(17)24-21/h1-10,16H,(H3,22,23,24,26). The minimum atomic E-state index is -0.504. The van der Waals surface area contributed by atoms with Crippen molar-refractivity contribution in [1.29, 1.82) is 0 Å². The van der Waals surface area contributed by atoms with Crippen molar-refractivity contribution in [1.82, 2.24) is 9.97 Å². The molecular formula is C21H14N4O4. The van der Waals surface area contributed by atoms with Gasteiger partial charge < -0.3 is 10.5 Å². The van der Waals surface area contributed by atoms with E-state index in [4.69, 9.17) is 10.5 Å². The number of hydrogen-bond donors (Lipinski definition) is 2. The first-order valence-electron chi connectivity index (χ1n) is 8.86. The Balaban J connectivity index is 1.81. The summed E-state index contributed by atoms with van der Waals surface area (Å²) in [5, 5.41) is 12.9. The fraction of sp³-hybridized carbons (Fsp3) is 0.0476. The molecule has 0 radical (unpaired) electrons. The van der Waals surface area contributed by atoms with Crippen molar-refractivity contribution in [3.05, 3.63) is 97.8 Å². The molecule has 3 aromatic carbocycles. The highest BCUT2D eigenvalue weighted by Crippen LogP contribution is 2.48. The molecule has 0 saturated carbocycles. The second-order valence-corrected chi connectivity index (χ2v) is 6.76. The van der Waals surface area contributed by atoms with E-state index in [-0.39, 0.29) is 17.5 Å². The summed E-state index contributed by atoms with van der Waals surface area (Å²) in [6.07, 6.45) is 0. The van der Waals surface area contributed by atoms with Gasteiger partial charge >= 0.3 is 0 Å². The van der Waals surface area contributed by atoms with E-state index in [1.165, 1.54) is 12.1 Å². The van der Waals surface area contributed by atoms with E-state index in [1.54, 1.807) is 12.1 Å². The first-order chi connectivity index (χ1) is 14.0. The lowest BCUT2D eigenvalue weighted by molar-refractivity contribution is -0.384. The molecule has 8 nitrogen and oxygen atoms in total. The van der Waals surface area contributed by atoms with Gasteiger partial charge in [0.2, 0.25) is 11.8 Å². The summed E-state index contributed by atoms with van der Waals surface area (Å²) in [5.41, 5.74) is 7.11. The quantitative estimate of drug-likeness (QED) is 0.352. The van der Waals surface area contributed by atoms with E-state index >= 15 is 0 Å². The fourth-order valence-corrected chi connectivity index (χ4v) is 3.80. The van der Waals surface area contributed by atoms with Gasteiger partial charge in [0.25, 0.3) is 11.2 Å².